The van der Waals surface area contributed by atoms with Crippen LogP contribution < -0.4 is 10.1 Å². The molecule has 0 radical (unpaired) electrons. The van der Waals surface area contributed by atoms with E-state index in [1.165, 1.54) is 18.3 Å². The van der Waals surface area contributed by atoms with Crippen molar-refractivity contribution in [1.29, 1.82) is 0 Å². The van der Waals surface area contributed by atoms with E-state index < -0.39 is 23.5 Å². The summed E-state index contributed by atoms with van der Waals surface area (Å²) < 4.78 is 68.1. The summed E-state index contributed by atoms with van der Waals surface area (Å²) in [6, 6.07) is 10.2. The Hall–Kier alpha value is -3.66. The Labute approximate surface area is 235 Å². The minimum absolute atomic E-state index is 0.0791. The van der Waals surface area contributed by atoms with E-state index in [1.54, 1.807) is 6.07 Å². The van der Waals surface area contributed by atoms with Crippen molar-refractivity contribution in [3.63, 3.8) is 0 Å². The molecule has 0 bridgehead atoms. The number of carbonyl (C=O) groups is 1. The molecule has 6 nitrogen and oxygen atoms in total. The fourth-order valence-corrected chi connectivity index (χ4v) is 5.25. The minimum Gasteiger partial charge on any atom is -0.489 e. The molecule has 0 amide bonds. The molecule has 0 unspecified atom stereocenters. The van der Waals surface area contributed by atoms with Gasteiger partial charge in [0.05, 0.1) is 11.5 Å². The number of pyridine rings is 1. The van der Waals surface area contributed by atoms with Crippen LogP contribution in [0.25, 0.3) is 11.1 Å². The average Bonchev–Trinajstić information content (AvgIpc) is 3.73. The number of benzene rings is 2. The molecule has 3 aromatic rings. The van der Waals surface area contributed by atoms with E-state index >= 15 is 0 Å². The standard InChI is InChI=1S/C31H32F4N2O4/c1-18-2-4-24(12-21(18)11-22-13-25(22)30(38)39)41-17-23-10-20(3-5-28(23)32)26-16-37-29(14-27(26)31(33,34)35)36-15-19-6-8-40-9-7-19/h2-5,10,12,14,16,19,22,25H,6-9,11,13,15,17H2,1H3,(H,36,37)(H,38,39)/t22-,25-/m1/s1. The topological polar surface area (TPSA) is 80.7 Å². The highest BCUT2D eigenvalue weighted by atomic mass is 19.4. The molecule has 5 rings (SSSR count). The van der Waals surface area contributed by atoms with Crippen LogP contribution in [-0.2, 0) is 28.7 Å². The van der Waals surface area contributed by atoms with Gasteiger partial charge in [0.15, 0.2) is 0 Å². The molecular formula is C31H32F4N2O4. The number of aromatic nitrogens is 1. The van der Waals surface area contributed by atoms with E-state index in [1.807, 2.05) is 19.1 Å². The maximum absolute atomic E-state index is 14.7. The van der Waals surface area contributed by atoms with Gasteiger partial charge in [0.2, 0.25) is 0 Å². The van der Waals surface area contributed by atoms with Gasteiger partial charge in [-0.15, -0.1) is 0 Å². The van der Waals surface area contributed by atoms with Gasteiger partial charge >= 0.3 is 12.1 Å². The van der Waals surface area contributed by atoms with Crippen LogP contribution in [0.2, 0.25) is 0 Å². The monoisotopic (exact) mass is 572 g/mol. The fourth-order valence-electron chi connectivity index (χ4n) is 5.25. The van der Waals surface area contributed by atoms with Crippen LogP contribution in [0.15, 0.2) is 48.7 Å². The molecule has 2 fully saturated rings. The first-order valence-electron chi connectivity index (χ1n) is 13.7. The average molecular weight is 573 g/mol. The molecule has 2 atom stereocenters. The number of halogens is 4. The summed E-state index contributed by atoms with van der Waals surface area (Å²) >= 11 is 0. The number of ether oxygens (including phenoxy) is 2. The van der Waals surface area contributed by atoms with E-state index in [9.17, 15) is 27.5 Å². The number of hydrogen-bond donors (Lipinski definition) is 2. The molecule has 1 saturated heterocycles. The molecule has 41 heavy (non-hydrogen) atoms. The van der Waals surface area contributed by atoms with E-state index in [0.717, 1.165) is 36.1 Å². The van der Waals surface area contributed by atoms with Crippen molar-refractivity contribution >= 4 is 11.8 Å². The second kappa shape index (κ2) is 12.1. The number of nitrogens with one attached hydrogen (secondary N) is 1. The van der Waals surface area contributed by atoms with Crippen LogP contribution in [0.3, 0.4) is 0 Å². The van der Waals surface area contributed by atoms with E-state index in [4.69, 9.17) is 9.47 Å². The zero-order valence-electron chi connectivity index (χ0n) is 22.6. The molecule has 218 valence electrons. The summed E-state index contributed by atoms with van der Waals surface area (Å²) in [6.07, 6.45) is -0.545. The Bertz CT molecular complexity index is 1410. The highest BCUT2D eigenvalue weighted by molar-refractivity contribution is 5.73. The van der Waals surface area contributed by atoms with Crippen molar-refractivity contribution in [2.24, 2.45) is 17.8 Å². The van der Waals surface area contributed by atoms with Gasteiger partial charge in [0.25, 0.3) is 0 Å². The number of carboxylic acids is 1. The van der Waals surface area contributed by atoms with Crippen molar-refractivity contribution in [2.45, 2.75) is 45.4 Å². The summed E-state index contributed by atoms with van der Waals surface area (Å²) in [4.78, 5) is 15.4. The molecule has 2 N–H and O–H groups in total. The van der Waals surface area contributed by atoms with Gasteiger partial charge in [-0.25, -0.2) is 9.37 Å². The summed E-state index contributed by atoms with van der Waals surface area (Å²) in [5.41, 5.74) is 1.23. The highest BCUT2D eigenvalue weighted by Gasteiger charge is 2.43. The van der Waals surface area contributed by atoms with Gasteiger partial charge < -0.3 is 19.9 Å². The number of carboxylic acid groups (broad SMARTS) is 1. The zero-order valence-corrected chi connectivity index (χ0v) is 22.6. The van der Waals surface area contributed by atoms with Gasteiger partial charge in [-0.3, -0.25) is 4.79 Å². The lowest BCUT2D eigenvalue weighted by Gasteiger charge is -2.23. The van der Waals surface area contributed by atoms with Gasteiger partial charge in [-0.2, -0.15) is 13.2 Å². The van der Waals surface area contributed by atoms with Crippen LogP contribution in [0, 0.1) is 30.5 Å². The van der Waals surface area contributed by atoms with Gasteiger partial charge in [-0.05, 0) is 91.5 Å². The predicted molar refractivity (Wildman–Crippen MR) is 145 cm³/mol. The van der Waals surface area contributed by atoms with Gasteiger partial charge in [0, 0.05) is 37.1 Å². The van der Waals surface area contributed by atoms with Crippen LogP contribution in [0.1, 0.15) is 41.5 Å². The van der Waals surface area contributed by atoms with E-state index in [-0.39, 0.29) is 41.0 Å². The molecule has 2 aliphatic rings. The largest absolute Gasteiger partial charge is 0.489 e. The Kier molecular flexibility index (Phi) is 8.49. The summed E-state index contributed by atoms with van der Waals surface area (Å²) in [6.45, 7) is 3.53. The first-order valence-corrected chi connectivity index (χ1v) is 13.7. The number of alkyl halides is 3. The van der Waals surface area contributed by atoms with Crippen molar-refractivity contribution in [1.82, 2.24) is 4.98 Å². The lowest BCUT2D eigenvalue weighted by Crippen LogP contribution is -2.23. The Morgan fingerprint density at radius 2 is 1.90 bits per heavy atom. The first-order chi connectivity index (χ1) is 19.6. The summed E-state index contributed by atoms with van der Waals surface area (Å²) in [7, 11) is 0. The molecule has 1 aliphatic carbocycles. The molecule has 1 aromatic heterocycles. The van der Waals surface area contributed by atoms with Crippen molar-refractivity contribution in [3.8, 4) is 16.9 Å². The van der Waals surface area contributed by atoms with E-state index in [2.05, 4.69) is 10.3 Å². The predicted octanol–water partition coefficient (Wildman–Crippen LogP) is 6.90. The summed E-state index contributed by atoms with van der Waals surface area (Å²) in [5.74, 6) is -0.729. The normalized spacial score (nSPS) is 19.1. The highest BCUT2D eigenvalue weighted by Crippen LogP contribution is 2.42. The van der Waals surface area contributed by atoms with Crippen molar-refractivity contribution in [2.75, 3.05) is 25.1 Å². The Morgan fingerprint density at radius 3 is 2.61 bits per heavy atom. The molecular weight excluding hydrogens is 540 g/mol. The lowest BCUT2D eigenvalue weighted by molar-refractivity contribution is -0.139. The quantitative estimate of drug-likeness (QED) is 0.258. The Balaban J connectivity index is 1.31. The van der Waals surface area contributed by atoms with Crippen molar-refractivity contribution in [3.05, 3.63) is 76.7 Å². The zero-order chi connectivity index (χ0) is 29.1. The number of nitrogens with zero attached hydrogens (tertiary/aromatic N) is 1. The maximum atomic E-state index is 14.7. The van der Waals surface area contributed by atoms with Crippen LogP contribution in [0.4, 0.5) is 23.4 Å². The number of anilines is 1. The molecule has 2 aromatic carbocycles. The lowest BCUT2D eigenvalue weighted by atomic mass is 9.98. The van der Waals surface area contributed by atoms with Crippen LogP contribution >= 0.6 is 0 Å². The first kappa shape index (κ1) is 28.9. The van der Waals surface area contributed by atoms with E-state index in [0.29, 0.717) is 44.3 Å². The third-order valence-electron chi connectivity index (χ3n) is 7.92. The number of rotatable bonds is 10. The van der Waals surface area contributed by atoms with Crippen LogP contribution in [-0.4, -0.2) is 35.8 Å². The van der Waals surface area contributed by atoms with Crippen LogP contribution in [0.5, 0.6) is 5.75 Å². The third kappa shape index (κ3) is 7.16. The molecule has 0 spiro atoms. The molecule has 1 aliphatic heterocycles. The third-order valence-corrected chi connectivity index (χ3v) is 7.92. The molecule has 10 heteroatoms. The van der Waals surface area contributed by atoms with Gasteiger partial charge in [-0.1, -0.05) is 12.1 Å². The maximum Gasteiger partial charge on any atom is 0.417 e. The SMILES string of the molecule is Cc1ccc(OCc2cc(-c3cnc(NCC4CCOCC4)cc3C(F)(F)F)ccc2F)cc1C[C@@H]1C[C@H]1C(=O)O. The second-order valence-corrected chi connectivity index (χ2v) is 10.9. The molecule has 2 heterocycles. The number of hydrogen-bond acceptors (Lipinski definition) is 5. The second-order valence-electron chi connectivity index (χ2n) is 10.9. The number of aryl methyl sites for hydroxylation is 1. The molecule has 1 saturated carbocycles. The smallest absolute Gasteiger partial charge is 0.417 e. The van der Waals surface area contributed by atoms with Crippen molar-refractivity contribution < 1.29 is 36.9 Å². The number of aliphatic carboxylic acids is 1. The minimum atomic E-state index is -4.64. The fraction of sp³-hybridized carbons (Fsp3) is 0.419. The van der Waals surface area contributed by atoms with Gasteiger partial charge in [0.1, 0.15) is 24.0 Å². The summed E-state index contributed by atoms with van der Waals surface area (Å²) in [5, 5.41) is 12.2. The Morgan fingerprint density at radius 1 is 1.12 bits per heavy atom.